The molecule has 0 atom stereocenters. The lowest BCUT2D eigenvalue weighted by Crippen LogP contribution is -3.00. The zero-order valence-corrected chi connectivity index (χ0v) is 17.9. The molecular weight excluding hydrogens is 430 g/mol. The molecule has 1 aromatic carbocycles. The van der Waals surface area contributed by atoms with E-state index in [1.54, 1.807) is 0 Å². The molecule has 148 valence electrons. The molecule has 0 saturated carbocycles. The van der Waals surface area contributed by atoms with Crippen LogP contribution in [0.2, 0.25) is 0 Å². The number of benzene rings is 1. The van der Waals surface area contributed by atoms with Crippen molar-refractivity contribution < 1.29 is 26.3 Å². The van der Waals surface area contributed by atoms with E-state index in [4.69, 9.17) is 0 Å². The van der Waals surface area contributed by atoms with Gasteiger partial charge in [-0.25, -0.2) is 0 Å². The average Bonchev–Trinajstić information content (AvgIpc) is 3.29. The molecule has 0 spiro atoms. The number of H-pyrrole nitrogens is 1. The Bertz CT molecular complexity index is 1120. The number of aryl methyl sites for hydroxylation is 2. The summed E-state index contributed by atoms with van der Waals surface area (Å²) in [5.41, 5.74) is 5.62. The van der Waals surface area contributed by atoms with Crippen LogP contribution >= 0.6 is 0 Å². The van der Waals surface area contributed by atoms with Crippen LogP contribution in [0, 0.1) is 13.8 Å². The molecule has 7 heteroatoms. The summed E-state index contributed by atoms with van der Waals surface area (Å²) in [6.45, 7) is 4.97. The molecule has 0 aliphatic carbocycles. The highest BCUT2D eigenvalue weighted by Gasteiger charge is 2.14. The van der Waals surface area contributed by atoms with Crippen molar-refractivity contribution in [1.82, 2.24) is 20.0 Å². The van der Waals surface area contributed by atoms with E-state index in [1.807, 2.05) is 84.0 Å². The smallest absolute Gasteiger partial charge is 0.227 e. The molecule has 0 aliphatic rings. The van der Waals surface area contributed by atoms with Crippen molar-refractivity contribution in [3.8, 4) is 11.3 Å². The molecule has 4 rings (SSSR count). The monoisotopic (exact) mass is 451 g/mol. The number of hydrogen-bond acceptors (Lipinski definition) is 3. The Morgan fingerprint density at radius 1 is 1.10 bits per heavy atom. The minimum atomic E-state index is 0. The summed E-state index contributed by atoms with van der Waals surface area (Å²) in [5.74, 6) is 0.0787. The fourth-order valence-electron chi connectivity index (χ4n) is 3.24. The highest BCUT2D eigenvalue weighted by molar-refractivity contribution is 5.94. The van der Waals surface area contributed by atoms with Gasteiger partial charge in [0.1, 0.15) is 0 Å². The summed E-state index contributed by atoms with van der Waals surface area (Å²) in [6, 6.07) is 17.3. The second-order valence-corrected chi connectivity index (χ2v) is 6.92. The van der Waals surface area contributed by atoms with Gasteiger partial charge >= 0.3 is 0 Å². The summed E-state index contributed by atoms with van der Waals surface area (Å²) < 4.78 is 3.84. The summed E-state index contributed by atoms with van der Waals surface area (Å²) in [7, 11) is 0. The minimum absolute atomic E-state index is 0. The fraction of sp³-hybridized carbons (Fsp3) is 0.182. The number of pyridine rings is 1. The number of aromatic nitrogens is 5. The van der Waals surface area contributed by atoms with Crippen LogP contribution in [0.15, 0.2) is 67.0 Å². The standard InChI is InChI=1S/C22H22N5O.BrH/c1-16-11-17(2)27(25-16)14-20-12-21(24-23-20)19-9-6-10-26(13-19)15-22(28)18-7-4-3-5-8-18;/h3-13H,14-15H2,1-2H3,(H,23,24);1H/q+1;/p-1. The van der Waals surface area contributed by atoms with Crippen LogP contribution in [0.1, 0.15) is 27.4 Å². The van der Waals surface area contributed by atoms with Crippen LogP contribution in [0.4, 0.5) is 0 Å². The molecule has 0 fully saturated rings. The number of carbonyl (C=O) groups is 1. The van der Waals surface area contributed by atoms with Crippen LogP contribution in [0.5, 0.6) is 0 Å². The van der Waals surface area contributed by atoms with Gasteiger partial charge in [0.15, 0.2) is 12.4 Å². The first-order valence-corrected chi connectivity index (χ1v) is 9.21. The second kappa shape index (κ2) is 8.96. The molecule has 29 heavy (non-hydrogen) atoms. The van der Waals surface area contributed by atoms with E-state index in [-0.39, 0.29) is 22.8 Å². The maximum Gasteiger partial charge on any atom is 0.227 e. The van der Waals surface area contributed by atoms with E-state index < -0.39 is 0 Å². The Kier molecular flexibility index (Phi) is 6.39. The zero-order chi connectivity index (χ0) is 19.5. The third kappa shape index (κ3) is 4.86. The lowest BCUT2D eigenvalue weighted by atomic mass is 10.1. The van der Waals surface area contributed by atoms with Crippen LogP contribution < -0.4 is 21.5 Å². The Balaban J connectivity index is 0.00000240. The molecule has 3 aromatic heterocycles. The van der Waals surface area contributed by atoms with Gasteiger partial charge in [-0.2, -0.15) is 14.8 Å². The Morgan fingerprint density at radius 3 is 2.62 bits per heavy atom. The number of nitrogens with zero attached hydrogens (tertiary/aromatic N) is 4. The molecule has 4 aromatic rings. The van der Waals surface area contributed by atoms with Crippen LogP contribution in [-0.4, -0.2) is 25.8 Å². The highest BCUT2D eigenvalue weighted by atomic mass is 79.9. The number of halogens is 1. The van der Waals surface area contributed by atoms with Gasteiger partial charge in [0, 0.05) is 17.3 Å². The Morgan fingerprint density at radius 2 is 1.90 bits per heavy atom. The Labute approximate surface area is 180 Å². The van der Waals surface area contributed by atoms with E-state index in [0.29, 0.717) is 18.7 Å². The molecule has 0 aliphatic heterocycles. The maximum absolute atomic E-state index is 12.5. The third-order valence-electron chi connectivity index (χ3n) is 4.63. The van der Waals surface area contributed by atoms with Gasteiger partial charge in [-0.1, -0.05) is 30.3 Å². The number of aromatic amines is 1. The number of rotatable bonds is 6. The topological polar surface area (TPSA) is 67.4 Å². The first-order chi connectivity index (χ1) is 13.6. The van der Waals surface area contributed by atoms with Gasteiger partial charge in [-0.15, -0.1) is 0 Å². The predicted molar refractivity (Wildman–Crippen MR) is 106 cm³/mol. The van der Waals surface area contributed by atoms with Gasteiger partial charge in [-0.05, 0) is 32.0 Å². The summed E-state index contributed by atoms with van der Waals surface area (Å²) >= 11 is 0. The SMILES string of the molecule is Cc1cc(C)n(Cc2cc(-c3ccc[n+](CC(=O)c4ccccc4)c3)n[nH]2)n1.[Br-]. The number of nitrogens with one attached hydrogen (secondary N) is 1. The lowest BCUT2D eigenvalue weighted by Gasteiger charge is -2.01. The van der Waals surface area contributed by atoms with E-state index in [2.05, 4.69) is 21.4 Å². The number of carbonyl (C=O) groups excluding carboxylic acids is 1. The lowest BCUT2D eigenvalue weighted by molar-refractivity contribution is -0.682. The normalized spacial score (nSPS) is 10.6. The molecule has 1 N–H and O–H groups in total. The first-order valence-electron chi connectivity index (χ1n) is 9.21. The van der Waals surface area contributed by atoms with Crippen molar-refractivity contribution >= 4 is 5.78 Å². The van der Waals surface area contributed by atoms with Gasteiger partial charge in [0.05, 0.1) is 29.2 Å². The molecule has 3 heterocycles. The van der Waals surface area contributed by atoms with E-state index >= 15 is 0 Å². The molecule has 6 nitrogen and oxygen atoms in total. The highest BCUT2D eigenvalue weighted by Crippen LogP contribution is 2.16. The van der Waals surface area contributed by atoms with Crippen LogP contribution in [-0.2, 0) is 13.1 Å². The molecule has 0 unspecified atom stereocenters. The van der Waals surface area contributed by atoms with Gasteiger partial charge < -0.3 is 17.0 Å². The Hall–Kier alpha value is -3.06. The fourth-order valence-corrected chi connectivity index (χ4v) is 3.24. The first kappa shape index (κ1) is 20.7. The van der Waals surface area contributed by atoms with Crippen molar-refractivity contribution in [3.05, 3.63) is 89.6 Å². The van der Waals surface area contributed by atoms with Crippen molar-refractivity contribution in [2.24, 2.45) is 0 Å². The minimum Gasteiger partial charge on any atom is -1.00 e. The van der Waals surface area contributed by atoms with Gasteiger partial charge in [-0.3, -0.25) is 14.6 Å². The molecule has 0 amide bonds. The number of hydrogen-bond donors (Lipinski definition) is 1. The second-order valence-electron chi connectivity index (χ2n) is 6.92. The van der Waals surface area contributed by atoms with Crippen molar-refractivity contribution in [2.45, 2.75) is 26.9 Å². The summed E-state index contributed by atoms with van der Waals surface area (Å²) in [4.78, 5) is 12.5. The predicted octanol–water partition coefficient (Wildman–Crippen LogP) is 0.113. The summed E-state index contributed by atoms with van der Waals surface area (Å²) in [5, 5.41) is 12.0. The maximum atomic E-state index is 12.5. The van der Waals surface area contributed by atoms with Crippen LogP contribution in [0.25, 0.3) is 11.3 Å². The van der Waals surface area contributed by atoms with Gasteiger partial charge in [0.25, 0.3) is 0 Å². The summed E-state index contributed by atoms with van der Waals surface area (Å²) in [6.07, 6.45) is 3.85. The van der Waals surface area contributed by atoms with Crippen molar-refractivity contribution in [3.63, 3.8) is 0 Å². The molecule has 0 saturated heterocycles. The van der Waals surface area contributed by atoms with Crippen molar-refractivity contribution in [1.29, 1.82) is 0 Å². The van der Waals surface area contributed by atoms with E-state index in [0.717, 1.165) is 28.3 Å². The number of Topliss-reactive ketones (excluding diaryl/α,β-unsaturated/α-hetero) is 1. The molecule has 0 bridgehead atoms. The largest absolute Gasteiger partial charge is 1.00 e. The quantitative estimate of drug-likeness (QED) is 0.334. The number of ketones is 1. The molecule has 0 radical (unpaired) electrons. The van der Waals surface area contributed by atoms with Crippen molar-refractivity contribution in [2.75, 3.05) is 0 Å². The molecular formula is C22H22BrN5O. The zero-order valence-electron chi connectivity index (χ0n) is 16.3. The van der Waals surface area contributed by atoms with Gasteiger partial charge in [0.2, 0.25) is 12.3 Å². The van der Waals surface area contributed by atoms with E-state index in [9.17, 15) is 4.79 Å². The average molecular weight is 452 g/mol. The third-order valence-corrected chi connectivity index (χ3v) is 4.63. The van der Waals surface area contributed by atoms with Crippen LogP contribution in [0.3, 0.4) is 0 Å². The van der Waals surface area contributed by atoms with E-state index in [1.165, 1.54) is 0 Å².